The van der Waals surface area contributed by atoms with Crippen LogP contribution in [0.2, 0.25) is 0 Å². The largest absolute Gasteiger partial charge is 0.203 e. The van der Waals surface area contributed by atoms with E-state index in [9.17, 15) is 22.0 Å². The summed E-state index contributed by atoms with van der Waals surface area (Å²) in [6.45, 7) is 4.96. The zero-order valence-corrected chi connectivity index (χ0v) is 10.5. The van der Waals surface area contributed by atoms with E-state index in [4.69, 9.17) is 0 Å². The molecule has 0 bridgehead atoms. The van der Waals surface area contributed by atoms with Crippen LogP contribution in [0, 0.1) is 29.1 Å². The van der Waals surface area contributed by atoms with Crippen LogP contribution in [0.15, 0.2) is 0 Å². The van der Waals surface area contributed by atoms with Crippen LogP contribution in [0.5, 0.6) is 0 Å². The second kappa shape index (κ2) is 5.24. The Labute approximate surface area is 103 Å². The quantitative estimate of drug-likeness (QED) is 0.415. The third kappa shape index (κ3) is 2.22. The normalized spacial score (nSPS) is 14.7. The molecule has 5 heteroatoms. The molecule has 0 aliphatic rings. The molecule has 102 valence electrons. The predicted molar refractivity (Wildman–Crippen MR) is 58.8 cm³/mol. The Morgan fingerprint density at radius 2 is 1.17 bits per heavy atom. The van der Waals surface area contributed by atoms with Crippen LogP contribution in [0.1, 0.15) is 45.6 Å². The number of hydrogen-bond donors (Lipinski definition) is 0. The first-order valence-electron chi connectivity index (χ1n) is 5.82. The molecule has 1 unspecified atom stereocenters. The van der Waals surface area contributed by atoms with Gasteiger partial charge in [-0.2, -0.15) is 0 Å². The van der Waals surface area contributed by atoms with Crippen molar-refractivity contribution in [3.05, 3.63) is 34.6 Å². The van der Waals surface area contributed by atoms with E-state index in [1.54, 1.807) is 13.8 Å². The Morgan fingerprint density at radius 1 is 0.778 bits per heavy atom. The molecular formula is C13H15F5. The fraction of sp³-hybridized carbons (Fsp3) is 0.538. The highest BCUT2D eigenvalue weighted by Crippen LogP contribution is 2.38. The van der Waals surface area contributed by atoms with E-state index in [1.165, 1.54) is 6.92 Å². The molecule has 0 radical (unpaired) electrons. The Kier molecular flexibility index (Phi) is 4.35. The maximum Gasteiger partial charge on any atom is 0.200 e. The van der Waals surface area contributed by atoms with Crippen molar-refractivity contribution in [2.45, 2.75) is 45.4 Å². The zero-order valence-electron chi connectivity index (χ0n) is 10.5. The summed E-state index contributed by atoms with van der Waals surface area (Å²) < 4.78 is 66.6. The number of benzene rings is 1. The van der Waals surface area contributed by atoms with Gasteiger partial charge in [0.1, 0.15) is 0 Å². The van der Waals surface area contributed by atoms with E-state index in [-0.39, 0.29) is 0 Å². The maximum atomic E-state index is 13.7. The van der Waals surface area contributed by atoms with Crippen LogP contribution in [-0.2, 0) is 5.41 Å². The molecule has 0 amide bonds. The molecule has 0 saturated carbocycles. The monoisotopic (exact) mass is 266 g/mol. The van der Waals surface area contributed by atoms with E-state index in [2.05, 4.69) is 0 Å². The summed E-state index contributed by atoms with van der Waals surface area (Å²) in [5.74, 6) is -9.29. The summed E-state index contributed by atoms with van der Waals surface area (Å²) in [5.41, 5.74) is -1.76. The van der Waals surface area contributed by atoms with Crippen molar-refractivity contribution < 1.29 is 22.0 Å². The van der Waals surface area contributed by atoms with E-state index in [0.717, 1.165) is 0 Å². The van der Waals surface area contributed by atoms with Gasteiger partial charge in [-0.1, -0.05) is 27.2 Å². The third-order valence-corrected chi connectivity index (χ3v) is 3.40. The fourth-order valence-electron chi connectivity index (χ4n) is 2.17. The molecule has 0 heterocycles. The highest BCUT2D eigenvalue weighted by molar-refractivity contribution is 5.31. The minimum absolute atomic E-state index is 0.291. The minimum Gasteiger partial charge on any atom is -0.203 e. The second-order valence-corrected chi connectivity index (χ2v) is 4.61. The Bertz CT molecular complexity index is 426. The van der Waals surface area contributed by atoms with Crippen molar-refractivity contribution in [1.82, 2.24) is 0 Å². The van der Waals surface area contributed by atoms with Crippen LogP contribution in [0.3, 0.4) is 0 Å². The summed E-state index contributed by atoms with van der Waals surface area (Å²) >= 11 is 0. The standard InChI is InChI=1S/C13H15F5/c1-4-6-13(3,5-2)7-8(14)10(16)12(18)11(17)9(7)15/h4-6H2,1-3H3. The molecule has 0 spiro atoms. The first-order valence-corrected chi connectivity index (χ1v) is 5.82. The van der Waals surface area contributed by atoms with Gasteiger partial charge in [-0.3, -0.25) is 0 Å². The van der Waals surface area contributed by atoms with Crippen molar-refractivity contribution in [3.8, 4) is 0 Å². The molecule has 1 aromatic rings. The van der Waals surface area contributed by atoms with Gasteiger partial charge in [0, 0.05) is 5.56 Å². The predicted octanol–water partition coefficient (Wildman–Crippen LogP) is 4.85. The SMILES string of the molecule is CCCC(C)(CC)c1c(F)c(F)c(F)c(F)c1F. The summed E-state index contributed by atoms with van der Waals surface area (Å²) in [7, 11) is 0. The molecule has 18 heavy (non-hydrogen) atoms. The maximum absolute atomic E-state index is 13.7. The lowest BCUT2D eigenvalue weighted by molar-refractivity contribution is 0.323. The molecule has 1 rings (SSSR count). The van der Waals surface area contributed by atoms with Crippen molar-refractivity contribution in [2.24, 2.45) is 0 Å². The number of hydrogen-bond acceptors (Lipinski definition) is 0. The number of rotatable bonds is 4. The lowest BCUT2D eigenvalue weighted by Crippen LogP contribution is -2.26. The topological polar surface area (TPSA) is 0 Å². The van der Waals surface area contributed by atoms with Crippen LogP contribution >= 0.6 is 0 Å². The van der Waals surface area contributed by atoms with Gasteiger partial charge in [0.25, 0.3) is 0 Å². The smallest absolute Gasteiger partial charge is 0.200 e. The highest BCUT2D eigenvalue weighted by Gasteiger charge is 2.36. The molecule has 0 aliphatic heterocycles. The van der Waals surface area contributed by atoms with Crippen LogP contribution in [0.4, 0.5) is 22.0 Å². The van der Waals surface area contributed by atoms with Gasteiger partial charge < -0.3 is 0 Å². The molecular weight excluding hydrogens is 251 g/mol. The number of halogens is 5. The molecule has 0 fully saturated rings. The molecule has 0 nitrogen and oxygen atoms in total. The van der Waals surface area contributed by atoms with Gasteiger partial charge >= 0.3 is 0 Å². The van der Waals surface area contributed by atoms with Gasteiger partial charge in [-0.15, -0.1) is 0 Å². The van der Waals surface area contributed by atoms with Gasteiger partial charge in [-0.05, 0) is 18.3 Å². The minimum atomic E-state index is -2.11. The molecule has 1 aromatic carbocycles. The molecule has 0 saturated heterocycles. The Morgan fingerprint density at radius 3 is 1.50 bits per heavy atom. The molecule has 0 N–H and O–H groups in total. The Balaban J connectivity index is 3.59. The lowest BCUT2D eigenvalue weighted by Gasteiger charge is -2.29. The van der Waals surface area contributed by atoms with E-state index in [1.807, 2.05) is 0 Å². The van der Waals surface area contributed by atoms with Crippen molar-refractivity contribution in [1.29, 1.82) is 0 Å². The fourth-order valence-corrected chi connectivity index (χ4v) is 2.17. The van der Waals surface area contributed by atoms with E-state index >= 15 is 0 Å². The van der Waals surface area contributed by atoms with E-state index < -0.39 is 40.1 Å². The highest BCUT2D eigenvalue weighted by atomic mass is 19.2. The van der Waals surface area contributed by atoms with Crippen LogP contribution in [-0.4, -0.2) is 0 Å². The van der Waals surface area contributed by atoms with E-state index in [0.29, 0.717) is 19.3 Å². The average molecular weight is 266 g/mol. The van der Waals surface area contributed by atoms with Gasteiger partial charge in [-0.25, -0.2) is 22.0 Å². The van der Waals surface area contributed by atoms with Crippen molar-refractivity contribution in [3.63, 3.8) is 0 Å². The lowest BCUT2D eigenvalue weighted by atomic mass is 9.76. The third-order valence-electron chi connectivity index (χ3n) is 3.40. The van der Waals surface area contributed by atoms with Gasteiger partial charge in [0.15, 0.2) is 23.3 Å². The van der Waals surface area contributed by atoms with Gasteiger partial charge in [0.05, 0.1) is 0 Å². The molecule has 0 aliphatic carbocycles. The first kappa shape index (κ1) is 14.9. The summed E-state index contributed by atoms with van der Waals surface area (Å²) in [4.78, 5) is 0. The molecule has 1 atom stereocenters. The van der Waals surface area contributed by atoms with Crippen LogP contribution < -0.4 is 0 Å². The average Bonchev–Trinajstić information content (AvgIpc) is 2.34. The first-order chi connectivity index (χ1) is 8.30. The summed E-state index contributed by atoms with van der Waals surface area (Å²) in [6, 6.07) is 0. The van der Waals surface area contributed by atoms with Gasteiger partial charge in [0.2, 0.25) is 5.82 Å². The second-order valence-electron chi connectivity index (χ2n) is 4.61. The summed E-state index contributed by atoms with van der Waals surface area (Å²) in [6.07, 6.45) is 1.23. The van der Waals surface area contributed by atoms with Crippen molar-refractivity contribution >= 4 is 0 Å². The summed E-state index contributed by atoms with van der Waals surface area (Å²) in [5, 5.41) is 0. The van der Waals surface area contributed by atoms with Crippen molar-refractivity contribution in [2.75, 3.05) is 0 Å². The molecule has 0 aromatic heterocycles. The zero-order chi connectivity index (χ0) is 14.1. The Hall–Kier alpha value is -1.13. The van der Waals surface area contributed by atoms with Crippen LogP contribution in [0.25, 0.3) is 0 Å².